The molecule has 5 heteroatoms. The number of rotatable bonds is 7. The van der Waals surface area contributed by atoms with E-state index in [1.165, 1.54) is 6.42 Å². The summed E-state index contributed by atoms with van der Waals surface area (Å²) in [6.45, 7) is 7.97. The summed E-state index contributed by atoms with van der Waals surface area (Å²) in [5.74, 6) is 0.750. The van der Waals surface area contributed by atoms with Gasteiger partial charge >= 0.3 is 0 Å². The van der Waals surface area contributed by atoms with E-state index in [1.807, 2.05) is 10.9 Å². The molecule has 1 heterocycles. The quantitative estimate of drug-likeness (QED) is 0.742. The van der Waals surface area contributed by atoms with Crippen molar-refractivity contribution >= 4 is 0 Å². The molecule has 0 radical (unpaired) electrons. The Morgan fingerprint density at radius 2 is 2.31 bits per heavy atom. The van der Waals surface area contributed by atoms with E-state index in [4.69, 9.17) is 5.73 Å². The van der Waals surface area contributed by atoms with Crippen molar-refractivity contribution < 1.29 is 0 Å². The first-order valence-electron chi connectivity index (χ1n) is 5.93. The molecule has 0 amide bonds. The summed E-state index contributed by atoms with van der Waals surface area (Å²) in [6.07, 6.45) is 3.14. The monoisotopic (exact) mass is 225 g/mol. The molecule has 1 aromatic heterocycles. The molecule has 0 bridgehead atoms. The molecule has 0 aliphatic heterocycles. The van der Waals surface area contributed by atoms with Crippen molar-refractivity contribution in [1.29, 1.82) is 0 Å². The fourth-order valence-electron chi connectivity index (χ4n) is 1.57. The Labute approximate surface area is 97.6 Å². The van der Waals surface area contributed by atoms with Gasteiger partial charge in [-0.25, -0.2) is 0 Å². The van der Waals surface area contributed by atoms with Gasteiger partial charge in [-0.3, -0.25) is 4.68 Å². The maximum Gasteiger partial charge on any atom is 0.0962 e. The second kappa shape index (κ2) is 6.60. The molecule has 0 saturated heterocycles. The van der Waals surface area contributed by atoms with E-state index >= 15 is 0 Å². The van der Waals surface area contributed by atoms with Crippen LogP contribution in [0.1, 0.15) is 26.0 Å². The van der Waals surface area contributed by atoms with Crippen molar-refractivity contribution in [2.45, 2.75) is 33.4 Å². The second-order valence-electron chi connectivity index (χ2n) is 4.45. The summed E-state index contributed by atoms with van der Waals surface area (Å²) in [5, 5.41) is 7.98. The lowest BCUT2D eigenvalue weighted by Crippen LogP contribution is -2.28. The summed E-state index contributed by atoms with van der Waals surface area (Å²) >= 11 is 0. The molecular formula is C11H23N5. The van der Waals surface area contributed by atoms with Crippen LogP contribution in [-0.4, -0.2) is 40.0 Å². The van der Waals surface area contributed by atoms with Crippen LogP contribution in [0.2, 0.25) is 0 Å². The smallest absolute Gasteiger partial charge is 0.0962 e. The van der Waals surface area contributed by atoms with Gasteiger partial charge in [0.15, 0.2) is 0 Å². The highest BCUT2D eigenvalue weighted by atomic mass is 15.4. The number of nitrogens with zero attached hydrogens (tertiary/aromatic N) is 4. The highest BCUT2D eigenvalue weighted by Crippen LogP contribution is 2.02. The maximum atomic E-state index is 5.48. The van der Waals surface area contributed by atoms with Gasteiger partial charge in [0, 0.05) is 25.8 Å². The van der Waals surface area contributed by atoms with Gasteiger partial charge in [0.1, 0.15) is 0 Å². The molecule has 0 aliphatic rings. The van der Waals surface area contributed by atoms with E-state index in [-0.39, 0.29) is 0 Å². The molecule has 0 fully saturated rings. The zero-order valence-electron chi connectivity index (χ0n) is 10.6. The average molecular weight is 225 g/mol. The Morgan fingerprint density at radius 1 is 1.56 bits per heavy atom. The summed E-state index contributed by atoms with van der Waals surface area (Å²) in [7, 11) is 2.15. The summed E-state index contributed by atoms with van der Waals surface area (Å²) in [6, 6.07) is 0. The van der Waals surface area contributed by atoms with Gasteiger partial charge in [-0.2, -0.15) is 0 Å². The Kier molecular flexibility index (Phi) is 5.42. The van der Waals surface area contributed by atoms with Crippen LogP contribution in [0.25, 0.3) is 0 Å². The van der Waals surface area contributed by atoms with Crippen LogP contribution in [0.15, 0.2) is 6.20 Å². The molecular weight excluding hydrogens is 202 g/mol. The number of hydrogen-bond donors (Lipinski definition) is 1. The maximum absolute atomic E-state index is 5.48. The molecule has 0 aromatic carbocycles. The van der Waals surface area contributed by atoms with Gasteiger partial charge in [0.2, 0.25) is 0 Å². The first-order valence-corrected chi connectivity index (χ1v) is 5.93. The van der Waals surface area contributed by atoms with E-state index in [0.29, 0.717) is 6.54 Å². The molecule has 5 nitrogen and oxygen atoms in total. The first kappa shape index (κ1) is 13.1. The van der Waals surface area contributed by atoms with Crippen molar-refractivity contribution in [3.63, 3.8) is 0 Å². The average Bonchev–Trinajstić information content (AvgIpc) is 2.74. The first-order chi connectivity index (χ1) is 7.65. The largest absolute Gasteiger partial charge is 0.325 e. The van der Waals surface area contributed by atoms with Crippen LogP contribution < -0.4 is 5.73 Å². The molecule has 16 heavy (non-hydrogen) atoms. The van der Waals surface area contributed by atoms with Crippen LogP contribution in [0, 0.1) is 5.92 Å². The number of hydrogen-bond acceptors (Lipinski definition) is 4. The lowest BCUT2D eigenvalue weighted by molar-refractivity contribution is 0.267. The summed E-state index contributed by atoms with van der Waals surface area (Å²) < 4.78 is 1.86. The van der Waals surface area contributed by atoms with Crippen LogP contribution in [-0.2, 0) is 13.1 Å². The second-order valence-corrected chi connectivity index (χ2v) is 4.45. The van der Waals surface area contributed by atoms with Gasteiger partial charge in [-0.15, -0.1) is 5.10 Å². The number of likely N-dealkylation sites (N-methyl/N-ethyl adjacent to an activating group) is 1. The zero-order chi connectivity index (χ0) is 12.0. The SMILES string of the molecule is CCC(C)CN(C)CCn1cc(CN)nn1. The third kappa shape index (κ3) is 4.28. The van der Waals surface area contributed by atoms with Crippen molar-refractivity contribution in [3.8, 4) is 0 Å². The van der Waals surface area contributed by atoms with Gasteiger partial charge in [-0.05, 0) is 13.0 Å². The molecule has 0 aliphatic carbocycles. The minimum absolute atomic E-state index is 0.461. The fraction of sp³-hybridized carbons (Fsp3) is 0.818. The minimum atomic E-state index is 0.461. The van der Waals surface area contributed by atoms with Crippen LogP contribution in [0.4, 0.5) is 0 Å². The predicted molar refractivity (Wildman–Crippen MR) is 64.9 cm³/mol. The van der Waals surface area contributed by atoms with E-state index < -0.39 is 0 Å². The molecule has 2 N–H and O–H groups in total. The molecule has 0 saturated carbocycles. The van der Waals surface area contributed by atoms with Crippen LogP contribution >= 0.6 is 0 Å². The molecule has 92 valence electrons. The van der Waals surface area contributed by atoms with Crippen molar-refractivity contribution in [2.24, 2.45) is 11.7 Å². The highest BCUT2D eigenvalue weighted by Gasteiger charge is 2.05. The van der Waals surface area contributed by atoms with E-state index in [1.54, 1.807) is 0 Å². The van der Waals surface area contributed by atoms with Gasteiger partial charge in [-0.1, -0.05) is 25.5 Å². The van der Waals surface area contributed by atoms with Crippen molar-refractivity contribution in [2.75, 3.05) is 20.1 Å². The van der Waals surface area contributed by atoms with Crippen LogP contribution in [0.3, 0.4) is 0 Å². The van der Waals surface area contributed by atoms with Crippen molar-refractivity contribution in [3.05, 3.63) is 11.9 Å². The number of aromatic nitrogens is 3. The lowest BCUT2D eigenvalue weighted by atomic mass is 10.1. The Bertz CT molecular complexity index is 296. The predicted octanol–water partition coefficient (Wildman–Crippen LogP) is 0.715. The van der Waals surface area contributed by atoms with E-state index in [9.17, 15) is 0 Å². The molecule has 1 unspecified atom stereocenters. The topological polar surface area (TPSA) is 60.0 Å². The summed E-state index contributed by atoms with van der Waals surface area (Å²) in [4.78, 5) is 2.33. The van der Waals surface area contributed by atoms with Gasteiger partial charge in [0.25, 0.3) is 0 Å². The molecule has 0 spiro atoms. The minimum Gasteiger partial charge on any atom is -0.325 e. The third-order valence-corrected chi connectivity index (χ3v) is 2.83. The standard InChI is InChI=1S/C11H23N5/c1-4-10(2)8-15(3)5-6-16-9-11(7-12)13-14-16/h9-10H,4-8,12H2,1-3H3. The van der Waals surface area contributed by atoms with Crippen molar-refractivity contribution in [1.82, 2.24) is 19.9 Å². The molecule has 1 aromatic rings. The zero-order valence-corrected chi connectivity index (χ0v) is 10.6. The fourth-order valence-corrected chi connectivity index (χ4v) is 1.57. The summed E-state index contributed by atoms with van der Waals surface area (Å²) in [5.41, 5.74) is 6.33. The van der Waals surface area contributed by atoms with Crippen LogP contribution in [0.5, 0.6) is 0 Å². The number of nitrogens with two attached hydrogens (primary N) is 1. The molecule has 1 rings (SSSR count). The Morgan fingerprint density at radius 3 is 2.88 bits per heavy atom. The lowest BCUT2D eigenvalue weighted by Gasteiger charge is -2.19. The Hall–Kier alpha value is -0.940. The third-order valence-electron chi connectivity index (χ3n) is 2.83. The Balaban J connectivity index is 2.28. The van der Waals surface area contributed by atoms with Gasteiger partial charge < -0.3 is 10.6 Å². The van der Waals surface area contributed by atoms with Gasteiger partial charge in [0.05, 0.1) is 12.2 Å². The van der Waals surface area contributed by atoms with E-state index in [0.717, 1.165) is 31.2 Å². The van der Waals surface area contributed by atoms with E-state index in [2.05, 4.69) is 36.1 Å². The normalized spacial score (nSPS) is 13.3. The molecule has 1 atom stereocenters. The highest BCUT2D eigenvalue weighted by molar-refractivity contribution is 4.90.